The Labute approximate surface area is 184 Å². The van der Waals surface area contributed by atoms with Crippen LogP contribution in [-0.2, 0) is 7.05 Å². The van der Waals surface area contributed by atoms with Gasteiger partial charge in [-0.25, -0.2) is 0 Å². The lowest BCUT2D eigenvalue weighted by atomic mass is 10.1. The summed E-state index contributed by atoms with van der Waals surface area (Å²) in [6.45, 7) is 1.67. The van der Waals surface area contributed by atoms with Crippen LogP contribution in [-0.4, -0.2) is 54.6 Å². The van der Waals surface area contributed by atoms with Gasteiger partial charge in [-0.3, -0.25) is 29.4 Å². The third kappa shape index (κ3) is 3.73. The summed E-state index contributed by atoms with van der Waals surface area (Å²) < 4.78 is 12.9. The van der Waals surface area contributed by atoms with Gasteiger partial charge in [0.25, 0.3) is 17.2 Å². The van der Waals surface area contributed by atoms with Crippen LogP contribution in [0.3, 0.4) is 0 Å². The van der Waals surface area contributed by atoms with Crippen molar-refractivity contribution < 1.29 is 19.2 Å². The predicted octanol–water partition coefficient (Wildman–Crippen LogP) is 1.33. The number of nitrogens with zero attached hydrogens (tertiary/aromatic N) is 6. The lowest BCUT2D eigenvalue weighted by Crippen LogP contribution is -2.20. The number of benzene rings is 1. The summed E-state index contributed by atoms with van der Waals surface area (Å²) >= 11 is 0. The molecule has 0 aliphatic heterocycles. The number of aryl methyl sites for hydroxylation is 2. The van der Waals surface area contributed by atoms with Gasteiger partial charge in [0.2, 0.25) is 5.95 Å². The molecule has 0 unspecified atom stereocenters. The van der Waals surface area contributed by atoms with Gasteiger partial charge in [0, 0.05) is 19.2 Å². The van der Waals surface area contributed by atoms with Crippen LogP contribution in [0.15, 0.2) is 29.2 Å². The number of H-pyrrole nitrogens is 1. The van der Waals surface area contributed by atoms with Crippen molar-refractivity contribution in [3.05, 3.63) is 56.1 Å². The van der Waals surface area contributed by atoms with Crippen molar-refractivity contribution in [2.45, 2.75) is 6.92 Å². The number of nitro groups is 1. The molecule has 0 aliphatic carbocycles. The fourth-order valence-electron chi connectivity index (χ4n) is 3.26. The minimum atomic E-state index is -0.798. The zero-order valence-electron chi connectivity index (χ0n) is 17.9. The number of methoxy groups -OCH3 is 2. The fourth-order valence-corrected chi connectivity index (χ4v) is 3.26. The second-order valence-electron chi connectivity index (χ2n) is 6.91. The van der Waals surface area contributed by atoms with E-state index in [2.05, 4.69) is 25.5 Å². The van der Waals surface area contributed by atoms with E-state index in [1.807, 2.05) is 0 Å². The summed E-state index contributed by atoms with van der Waals surface area (Å²) in [5.74, 6) is -0.390. The number of fused-ring (bicyclic) bond motifs is 1. The van der Waals surface area contributed by atoms with Crippen molar-refractivity contribution in [3.63, 3.8) is 0 Å². The number of hydrogen-bond acceptors (Lipinski definition) is 9. The maximum atomic E-state index is 13.0. The lowest BCUT2D eigenvalue weighted by Gasteiger charge is -2.11. The van der Waals surface area contributed by atoms with Crippen LogP contribution in [0.2, 0.25) is 0 Å². The van der Waals surface area contributed by atoms with Crippen LogP contribution < -0.4 is 20.3 Å². The van der Waals surface area contributed by atoms with Crippen LogP contribution in [0.4, 0.5) is 11.5 Å². The first-order valence-electron chi connectivity index (χ1n) is 9.44. The molecule has 170 valence electrons. The van der Waals surface area contributed by atoms with Gasteiger partial charge in [-0.2, -0.15) is 19.9 Å². The molecule has 14 nitrogen and oxygen atoms in total. The summed E-state index contributed by atoms with van der Waals surface area (Å²) in [7, 11) is 4.31. The van der Waals surface area contributed by atoms with Gasteiger partial charge in [0.15, 0.2) is 17.1 Å². The number of nitrogens with one attached hydrogen (secondary N) is 2. The number of nitro benzene ring substituents is 1. The molecular formula is C19H18N8O6. The normalized spacial score (nSPS) is 10.9. The Morgan fingerprint density at radius 3 is 2.58 bits per heavy atom. The predicted molar refractivity (Wildman–Crippen MR) is 115 cm³/mol. The molecule has 0 fully saturated rings. The third-order valence-corrected chi connectivity index (χ3v) is 4.81. The molecule has 0 aliphatic rings. The average Bonchev–Trinajstić information content (AvgIpc) is 3.34. The first kappa shape index (κ1) is 21.5. The zero-order valence-corrected chi connectivity index (χ0v) is 17.9. The molecule has 0 saturated heterocycles. The smallest absolute Gasteiger partial charge is 0.286 e. The molecule has 0 radical (unpaired) electrons. The Morgan fingerprint density at radius 2 is 1.91 bits per heavy atom. The van der Waals surface area contributed by atoms with Gasteiger partial charge < -0.3 is 14.8 Å². The molecule has 0 atom stereocenters. The summed E-state index contributed by atoms with van der Waals surface area (Å²) in [5.41, 5.74) is -0.360. The largest absolute Gasteiger partial charge is 0.493 e. The first-order valence-corrected chi connectivity index (χ1v) is 9.44. The average molecular weight is 454 g/mol. The van der Waals surface area contributed by atoms with Crippen molar-refractivity contribution in [3.8, 4) is 17.4 Å². The van der Waals surface area contributed by atoms with Crippen molar-refractivity contribution in [1.29, 1.82) is 0 Å². The number of carbonyl (C=O) groups is 1. The van der Waals surface area contributed by atoms with Crippen molar-refractivity contribution in [2.75, 3.05) is 19.5 Å². The quantitative estimate of drug-likeness (QED) is 0.322. The third-order valence-electron chi connectivity index (χ3n) is 4.81. The first-order chi connectivity index (χ1) is 15.7. The second kappa shape index (κ2) is 8.07. The van der Waals surface area contributed by atoms with E-state index >= 15 is 0 Å². The Balaban J connectivity index is 1.78. The maximum absolute atomic E-state index is 13.0. The highest BCUT2D eigenvalue weighted by atomic mass is 16.6. The van der Waals surface area contributed by atoms with Gasteiger partial charge in [0.05, 0.1) is 37.1 Å². The van der Waals surface area contributed by atoms with Crippen molar-refractivity contribution in [1.82, 2.24) is 29.5 Å². The number of carbonyl (C=O) groups excluding carboxylic acids is 1. The molecule has 0 saturated carbocycles. The maximum Gasteiger partial charge on any atom is 0.286 e. The molecule has 3 aromatic heterocycles. The summed E-state index contributed by atoms with van der Waals surface area (Å²) in [5, 5.41) is 22.7. The van der Waals surface area contributed by atoms with E-state index in [9.17, 15) is 19.7 Å². The molecule has 4 aromatic rings. The highest BCUT2D eigenvalue weighted by Gasteiger charge is 2.26. The van der Waals surface area contributed by atoms with E-state index in [0.717, 1.165) is 6.07 Å². The van der Waals surface area contributed by atoms with Gasteiger partial charge in [0.1, 0.15) is 16.8 Å². The van der Waals surface area contributed by atoms with E-state index in [1.54, 1.807) is 14.0 Å². The summed E-state index contributed by atoms with van der Waals surface area (Å²) in [6, 6.07) is 3.84. The second-order valence-corrected chi connectivity index (χ2v) is 6.91. The molecule has 3 heterocycles. The minimum absolute atomic E-state index is 0.0290. The molecule has 14 heteroatoms. The Bertz CT molecular complexity index is 1470. The number of aromatic nitrogens is 6. The van der Waals surface area contributed by atoms with Crippen molar-refractivity contribution >= 4 is 28.4 Å². The summed E-state index contributed by atoms with van der Waals surface area (Å²) in [4.78, 5) is 43.3. The SMILES string of the molecule is COc1cc(C(=O)Nc2cc(C)nn2-c2nc3c(cnn3C)c(=O)[nH]2)c([N+](=O)[O-])cc1OC. The van der Waals surface area contributed by atoms with Gasteiger partial charge >= 0.3 is 0 Å². The zero-order chi connectivity index (χ0) is 23.9. The highest BCUT2D eigenvalue weighted by Crippen LogP contribution is 2.35. The number of ether oxygens (including phenoxy) is 2. The van der Waals surface area contributed by atoms with Crippen LogP contribution in [0.5, 0.6) is 11.5 Å². The molecule has 1 aromatic carbocycles. The Morgan fingerprint density at radius 1 is 1.21 bits per heavy atom. The van der Waals surface area contributed by atoms with Crippen LogP contribution in [0, 0.1) is 17.0 Å². The molecule has 2 N–H and O–H groups in total. The topological polar surface area (TPSA) is 172 Å². The Hall–Kier alpha value is -4.75. The van der Waals surface area contributed by atoms with E-state index in [4.69, 9.17) is 9.47 Å². The van der Waals surface area contributed by atoms with Gasteiger partial charge in [-0.1, -0.05) is 0 Å². The van der Waals surface area contributed by atoms with Gasteiger partial charge in [-0.05, 0) is 6.92 Å². The lowest BCUT2D eigenvalue weighted by molar-refractivity contribution is -0.385. The molecule has 4 rings (SSSR count). The minimum Gasteiger partial charge on any atom is -0.493 e. The molecule has 33 heavy (non-hydrogen) atoms. The van der Waals surface area contributed by atoms with Crippen LogP contribution in [0.25, 0.3) is 17.0 Å². The molecule has 0 bridgehead atoms. The van der Waals surface area contributed by atoms with E-state index in [-0.39, 0.29) is 34.2 Å². The van der Waals surface area contributed by atoms with Crippen LogP contribution >= 0.6 is 0 Å². The van der Waals surface area contributed by atoms with Crippen molar-refractivity contribution in [2.24, 2.45) is 7.05 Å². The molecular weight excluding hydrogens is 436 g/mol. The monoisotopic (exact) mass is 454 g/mol. The Kier molecular flexibility index (Phi) is 5.25. The summed E-state index contributed by atoms with van der Waals surface area (Å²) in [6.07, 6.45) is 1.39. The highest BCUT2D eigenvalue weighted by molar-refractivity contribution is 6.07. The number of amides is 1. The number of rotatable bonds is 6. The van der Waals surface area contributed by atoms with E-state index in [0.29, 0.717) is 11.3 Å². The molecule has 0 spiro atoms. The number of aromatic amines is 1. The van der Waals surface area contributed by atoms with E-state index in [1.165, 1.54) is 41.9 Å². The number of anilines is 1. The van der Waals surface area contributed by atoms with Gasteiger partial charge in [-0.15, -0.1) is 0 Å². The standard InChI is InChI=1S/C19H18N8O6/c1-9-5-15(26(24-9)19-22-16-11(18(29)23-19)8-20-25(16)2)21-17(28)10-6-13(32-3)14(33-4)7-12(10)27(30)31/h5-8H,1-4H3,(H,21,28)(H,22,23,29). The fraction of sp³-hybridized carbons (Fsp3) is 0.211. The van der Waals surface area contributed by atoms with Crippen LogP contribution in [0.1, 0.15) is 16.1 Å². The number of hydrogen-bond donors (Lipinski definition) is 2. The molecule has 1 amide bonds. The van der Waals surface area contributed by atoms with E-state index < -0.39 is 22.1 Å².